The highest BCUT2D eigenvalue weighted by atomic mass is 16.2. The number of nitrogens with one attached hydrogen (secondary N) is 1. The summed E-state index contributed by atoms with van der Waals surface area (Å²) < 4.78 is 0. The van der Waals surface area contributed by atoms with E-state index in [1.807, 2.05) is 13.8 Å². The van der Waals surface area contributed by atoms with Crippen LogP contribution in [0.25, 0.3) is 0 Å². The molecular weight excluding hydrogens is 212 g/mol. The van der Waals surface area contributed by atoms with Crippen LogP contribution in [-0.2, 0) is 4.79 Å². The molecule has 3 heteroatoms. The predicted octanol–water partition coefficient (Wildman–Crippen LogP) is 1.92. The van der Waals surface area contributed by atoms with Crippen LogP contribution in [0.5, 0.6) is 0 Å². The first-order valence-corrected chi connectivity index (χ1v) is 7.09. The summed E-state index contributed by atoms with van der Waals surface area (Å²) in [5, 5.41) is 3.49. The first-order chi connectivity index (χ1) is 8.03. The third-order valence-corrected chi connectivity index (χ3v) is 4.93. The lowest BCUT2D eigenvalue weighted by atomic mass is 10.0. The molecule has 96 valence electrons. The standard InChI is InChI=1S/C14H24N2O/c1-13(2)12(17)16(11-5-3-4-6-11)10-14(7-8-14)9-15-13/h11,15H,3-10H2,1-2H3. The molecule has 3 fully saturated rings. The van der Waals surface area contributed by atoms with E-state index >= 15 is 0 Å². The molecule has 1 amide bonds. The molecule has 1 saturated heterocycles. The fourth-order valence-electron chi connectivity index (χ4n) is 3.35. The van der Waals surface area contributed by atoms with Crippen LogP contribution in [0.4, 0.5) is 0 Å². The molecule has 0 atom stereocenters. The molecule has 1 heterocycles. The van der Waals surface area contributed by atoms with Gasteiger partial charge in [0.2, 0.25) is 5.91 Å². The van der Waals surface area contributed by atoms with Gasteiger partial charge < -0.3 is 10.2 Å². The predicted molar refractivity (Wildman–Crippen MR) is 67.7 cm³/mol. The molecule has 0 aromatic carbocycles. The molecule has 3 nitrogen and oxygen atoms in total. The van der Waals surface area contributed by atoms with Gasteiger partial charge in [-0.2, -0.15) is 0 Å². The Morgan fingerprint density at radius 2 is 1.88 bits per heavy atom. The SMILES string of the molecule is CC1(C)NCC2(CC2)CN(C2CCCC2)C1=O. The van der Waals surface area contributed by atoms with E-state index < -0.39 is 0 Å². The molecule has 0 aromatic rings. The van der Waals surface area contributed by atoms with Crippen molar-refractivity contribution in [2.75, 3.05) is 13.1 Å². The summed E-state index contributed by atoms with van der Waals surface area (Å²) in [4.78, 5) is 14.9. The summed E-state index contributed by atoms with van der Waals surface area (Å²) in [6.07, 6.45) is 7.64. The van der Waals surface area contributed by atoms with Gasteiger partial charge in [-0.3, -0.25) is 4.79 Å². The van der Waals surface area contributed by atoms with Crippen LogP contribution >= 0.6 is 0 Å². The number of nitrogens with zero attached hydrogens (tertiary/aromatic N) is 1. The molecule has 1 spiro atoms. The summed E-state index contributed by atoms with van der Waals surface area (Å²) >= 11 is 0. The normalized spacial score (nSPS) is 31.9. The van der Waals surface area contributed by atoms with Crippen molar-refractivity contribution in [2.45, 2.75) is 64.0 Å². The third-order valence-electron chi connectivity index (χ3n) is 4.93. The maximum Gasteiger partial charge on any atom is 0.242 e. The van der Waals surface area contributed by atoms with E-state index in [-0.39, 0.29) is 5.54 Å². The molecule has 3 rings (SSSR count). The molecule has 0 bridgehead atoms. The first-order valence-electron chi connectivity index (χ1n) is 7.09. The van der Waals surface area contributed by atoms with E-state index in [2.05, 4.69) is 10.2 Å². The number of hydrogen-bond acceptors (Lipinski definition) is 2. The van der Waals surface area contributed by atoms with Crippen molar-refractivity contribution < 1.29 is 4.79 Å². The highest BCUT2D eigenvalue weighted by Gasteiger charge is 2.51. The van der Waals surface area contributed by atoms with Gasteiger partial charge in [-0.1, -0.05) is 12.8 Å². The second-order valence-corrected chi connectivity index (χ2v) is 6.85. The van der Waals surface area contributed by atoms with Gasteiger partial charge >= 0.3 is 0 Å². The van der Waals surface area contributed by atoms with Crippen LogP contribution in [0.1, 0.15) is 52.4 Å². The van der Waals surface area contributed by atoms with Crippen molar-refractivity contribution in [3.63, 3.8) is 0 Å². The van der Waals surface area contributed by atoms with Gasteiger partial charge in [0, 0.05) is 24.5 Å². The van der Waals surface area contributed by atoms with Crippen molar-refractivity contribution in [3.8, 4) is 0 Å². The maximum atomic E-state index is 12.6. The smallest absolute Gasteiger partial charge is 0.242 e. The van der Waals surface area contributed by atoms with Crippen LogP contribution in [0.2, 0.25) is 0 Å². The van der Waals surface area contributed by atoms with Gasteiger partial charge in [-0.25, -0.2) is 0 Å². The van der Waals surface area contributed by atoms with Gasteiger partial charge in [-0.15, -0.1) is 0 Å². The van der Waals surface area contributed by atoms with Crippen molar-refractivity contribution in [1.29, 1.82) is 0 Å². The van der Waals surface area contributed by atoms with Crippen molar-refractivity contribution in [3.05, 3.63) is 0 Å². The lowest BCUT2D eigenvalue weighted by Gasteiger charge is -2.34. The summed E-state index contributed by atoms with van der Waals surface area (Å²) in [6.45, 7) is 6.11. The molecule has 3 aliphatic rings. The van der Waals surface area contributed by atoms with Crippen LogP contribution in [0.15, 0.2) is 0 Å². The topological polar surface area (TPSA) is 32.3 Å². The van der Waals surface area contributed by atoms with E-state index in [0.717, 1.165) is 13.1 Å². The summed E-state index contributed by atoms with van der Waals surface area (Å²) in [5.41, 5.74) is 0.0563. The highest BCUT2D eigenvalue weighted by Crippen LogP contribution is 2.48. The Morgan fingerprint density at radius 1 is 1.24 bits per heavy atom. The third kappa shape index (κ3) is 1.99. The Bertz CT molecular complexity index is 327. The largest absolute Gasteiger partial charge is 0.338 e. The molecule has 0 unspecified atom stereocenters. The Kier molecular flexibility index (Phi) is 2.51. The number of amides is 1. The zero-order chi connectivity index (χ0) is 12.1. The van der Waals surface area contributed by atoms with Gasteiger partial charge in [0.15, 0.2) is 0 Å². The fourth-order valence-corrected chi connectivity index (χ4v) is 3.35. The highest BCUT2D eigenvalue weighted by molar-refractivity contribution is 5.86. The Labute approximate surface area is 104 Å². The monoisotopic (exact) mass is 236 g/mol. The summed E-state index contributed by atoms with van der Waals surface area (Å²) in [7, 11) is 0. The second kappa shape index (κ2) is 3.71. The van der Waals surface area contributed by atoms with Crippen molar-refractivity contribution in [1.82, 2.24) is 10.2 Å². The van der Waals surface area contributed by atoms with Crippen LogP contribution in [0.3, 0.4) is 0 Å². The molecule has 2 aliphatic carbocycles. The van der Waals surface area contributed by atoms with Gasteiger partial charge in [-0.05, 0) is 39.5 Å². The minimum Gasteiger partial charge on any atom is -0.338 e. The number of hydrogen-bond donors (Lipinski definition) is 1. The lowest BCUT2D eigenvalue weighted by Crippen LogP contribution is -2.53. The maximum absolute atomic E-state index is 12.6. The molecular formula is C14H24N2O. The van der Waals surface area contributed by atoms with Crippen LogP contribution in [-0.4, -0.2) is 35.5 Å². The minimum atomic E-state index is -0.366. The minimum absolute atomic E-state index is 0.327. The zero-order valence-electron chi connectivity index (χ0n) is 11.1. The van der Waals surface area contributed by atoms with E-state index in [9.17, 15) is 4.79 Å². The van der Waals surface area contributed by atoms with Gasteiger partial charge in [0.05, 0.1) is 5.54 Å². The lowest BCUT2D eigenvalue weighted by molar-refractivity contribution is -0.138. The first kappa shape index (κ1) is 11.5. The van der Waals surface area contributed by atoms with Gasteiger partial charge in [0.1, 0.15) is 0 Å². The molecule has 1 aliphatic heterocycles. The Morgan fingerprint density at radius 3 is 2.47 bits per heavy atom. The van der Waals surface area contributed by atoms with E-state index in [0.29, 0.717) is 17.4 Å². The van der Waals surface area contributed by atoms with E-state index in [1.54, 1.807) is 0 Å². The average Bonchev–Trinajstić information content (AvgIpc) is 2.87. The molecule has 17 heavy (non-hydrogen) atoms. The Balaban J connectivity index is 1.84. The van der Waals surface area contributed by atoms with Gasteiger partial charge in [0.25, 0.3) is 0 Å². The Hall–Kier alpha value is -0.570. The zero-order valence-corrected chi connectivity index (χ0v) is 11.1. The fraction of sp³-hybridized carbons (Fsp3) is 0.929. The number of rotatable bonds is 1. The average molecular weight is 236 g/mol. The van der Waals surface area contributed by atoms with E-state index in [1.165, 1.54) is 38.5 Å². The van der Waals surface area contributed by atoms with E-state index in [4.69, 9.17) is 0 Å². The summed E-state index contributed by atoms with van der Waals surface area (Å²) in [6, 6.07) is 0.527. The summed E-state index contributed by atoms with van der Waals surface area (Å²) in [5.74, 6) is 0.327. The number of carbonyl (C=O) groups excluding carboxylic acids is 1. The number of carbonyl (C=O) groups is 1. The molecule has 2 saturated carbocycles. The van der Waals surface area contributed by atoms with Crippen molar-refractivity contribution in [2.24, 2.45) is 5.41 Å². The second-order valence-electron chi connectivity index (χ2n) is 6.85. The van der Waals surface area contributed by atoms with Crippen LogP contribution < -0.4 is 5.32 Å². The van der Waals surface area contributed by atoms with Crippen molar-refractivity contribution >= 4 is 5.91 Å². The molecule has 0 radical (unpaired) electrons. The van der Waals surface area contributed by atoms with Crippen LogP contribution in [0, 0.1) is 5.41 Å². The molecule has 0 aromatic heterocycles. The molecule has 1 N–H and O–H groups in total. The quantitative estimate of drug-likeness (QED) is 0.754.